The Morgan fingerprint density at radius 2 is 1.31 bits per heavy atom. The number of benzene rings is 4. The molecule has 182 valence electrons. The molecule has 0 fully saturated rings. The molecule has 0 amide bonds. The molecule has 0 spiro atoms. The summed E-state index contributed by atoms with van der Waals surface area (Å²) in [5.41, 5.74) is 2.98. The summed E-state index contributed by atoms with van der Waals surface area (Å²) >= 11 is 0. The Bertz CT molecular complexity index is 1330. The fourth-order valence-electron chi connectivity index (χ4n) is 4.19. The zero-order chi connectivity index (χ0) is 25.0. The molecule has 0 saturated carbocycles. The van der Waals surface area contributed by atoms with Crippen LogP contribution in [0.1, 0.15) is 38.2 Å². The largest absolute Gasteiger partial charge is 0.573 e. The van der Waals surface area contributed by atoms with Crippen LogP contribution >= 0.6 is 0 Å². The molecule has 0 atom stereocenters. The molecule has 1 nitrogen and oxygen atoms in total. The van der Waals surface area contributed by atoms with E-state index < -0.39 is 23.7 Å². The van der Waals surface area contributed by atoms with Gasteiger partial charge in [-0.1, -0.05) is 74.7 Å². The molecule has 0 bridgehead atoms. The minimum atomic E-state index is -5.01. The Kier molecular flexibility index (Phi) is 7.39. The van der Waals surface area contributed by atoms with Crippen molar-refractivity contribution in [3.05, 3.63) is 90.0 Å². The van der Waals surface area contributed by atoms with E-state index >= 15 is 0 Å². The third-order valence-corrected chi connectivity index (χ3v) is 5.99. The van der Waals surface area contributed by atoms with Crippen LogP contribution in [0.3, 0.4) is 0 Å². The van der Waals surface area contributed by atoms with Gasteiger partial charge in [0.1, 0.15) is 5.82 Å². The number of aryl methyl sites for hydroxylation is 1. The summed E-state index contributed by atoms with van der Waals surface area (Å²) in [6, 6.07) is 19.7. The van der Waals surface area contributed by atoms with Crippen molar-refractivity contribution in [2.75, 3.05) is 0 Å². The molecule has 0 saturated heterocycles. The fraction of sp³-hybridized carbons (Fsp3) is 0.241. The zero-order valence-electron chi connectivity index (χ0n) is 19.3. The van der Waals surface area contributed by atoms with Gasteiger partial charge in [-0.25, -0.2) is 8.78 Å². The van der Waals surface area contributed by atoms with Gasteiger partial charge in [0.25, 0.3) is 0 Å². The van der Waals surface area contributed by atoms with Crippen LogP contribution in [-0.2, 0) is 6.42 Å². The lowest BCUT2D eigenvalue weighted by Crippen LogP contribution is -2.17. The number of fused-ring (bicyclic) bond motifs is 1. The molecule has 0 N–H and O–H groups in total. The predicted molar refractivity (Wildman–Crippen MR) is 129 cm³/mol. The molecular formula is C29H25F5O. The van der Waals surface area contributed by atoms with Crippen molar-refractivity contribution in [3.63, 3.8) is 0 Å². The van der Waals surface area contributed by atoms with Gasteiger partial charge in [0.2, 0.25) is 0 Å². The molecule has 4 rings (SSSR count). The zero-order valence-corrected chi connectivity index (χ0v) is 19.3. The first kappa shape index (κ1) is 24.7. The van der Waals surface area contributed by atoms with Gasteiger partial charge in [0, 0.05) is 5.56 Å². The van der Waals surface area contributed by atoms with Crippen LogP contribution in [0.15, 0.2) is 72.8 Å². The van der Waals surface area contributed by atoms with Gasteiger partial charge >= 0.3 is 6.36 Å². The summed E-state index contributed by atoms with van der Waals surface area (Å²) in [6.07, 6.45) is 0.902. The smallest absolute Gasteiger partial charge is 0.403 e. The molecule has 0 aliphatic rings. The van der Waals surface area contributed by atoms with E-state index in [1.165, 1.54) is 49.4 Å². The molecule has 0 aliphatic heterocycles. The molecule has 4 aromatic rings. The summed E-state index contributed by atoms with van der Waals surface area (Å²) in [5.74, 6) is -2.78. The average Bonchev–Trinajstić information content (AvgIpc) is 2.82. The summed E-state index contributed by atoms with van der Waals surface area (Å²) in [7, 11) is 0. The van der Waals surface area contributed by atoms with E-state index in [9.17, 15) is 22.0 Å². The van der Waals surface area contributed by atoms with Crippen LogP contribution in [0.2, 0.25) is 0 Å². The van der Waals surface area contributed by atoms with Gasteiger partial charge in [-0.05, 0) is 70.1 Å². The van der Waals surface area contributed by atoms with Crippen LogP contribution in [0.5, 0.6) is 5.75 Å². The maximum absolute atomic E-state index is 14.9. The lowest BCUT2D eigenvalue weighted by atomic mass is 9.96. The number of halogens is 5. The van der Waals surface area contributed by atoms with Crippen LogP contribution in [-0.4, -0.2) is 6.36 Å². The van der Waals surface area contributed by atoms with Crippen LogP contribution in [0.4, 0.5) is 22.0 Å². The average molecular weight is 485 g/mol. The van der Waals surface area contributed by atoms with Crippen molar-refractivity contribution in [2.24, 2.45) is 0 Å². The Hall–Kier alpha value is -3.41. The van der Waals surface area contributed by atoms with Crippen LogP contribution < -0.4 is 4.74 Å². The van der Waals surface area contributed by atoms with Gasteiger partial charge in [-0.3, -0.25) is 0 Å². The van der Waals surface area contributed by atoms with Crippen LogP contribution in [0, 0.1) is 11.6 Å². The number of ether oxygens (including phenoxy) is 1. The van der Waals surface area contributed by atoms with Gasteiger partial charge in [0.15, 0.2) is 11.6 Å². The molecule has 4 aromatic carbocycles. The molecular weight excluding hydrogens is 459 g/mol. The SMILES string of the molecule is CCCCCCc1ccc2cc(-c3ccc(-c4ccc(OC(F)(F)F)c(F)c4)c(F)c3)ccc2c1. The topological polar surface area (TPSA) is 9.23 Å². The van der Waals surface area contributed by atoms with Crippen molar-refractivity contribution >= 4 is 10.8 Å². The van der Waals surface area contributed by atoms with E-state index in [0.717, 1.165) is 34.9 Å². The lowest BCUT2D eigenvalue weighted by Gasteiger charge is -2.12. The van der Waals surface area contributed by atoms with Gasteiger partial charge in [0.05, 0.1) is 0 Å². The second-order valence-corrected chi connectivity index (χ2v) is 8.59. The Labute approximate surface area is 201 Å². The van der Waals surface area contributed by atoms with E-state index in [1.807, 2.05) is 18.2 Å². The Morgan fingerprint density at radius 3 is 2.03 bits per heavy atom. The third kappa shape index (κ3) is 6.18. The number of unbranched alkanes of at least 4 members (excludes halogenated alkanes) is 3. The molecule has 0 heterocycles. The minimum absolute atomic E-state index is 0.0831. The van der Waals surface area contributed by atoms with E-state index in [4.69, 9.17) is 0 Å². The fourth-order valence-corrected chi connectivity index (χ4v) is 4.19. The second kappa shape index (κ2) is 10.5. The quantitative estimate of drug-likeness (QED) is 0.179. The highest BCUT2D eigenvalue weighted by atomic mass is 19.4. The van der Waals surface area contributed by atoms with Gasteiger partial charge < -0.3 is 4.74 Å². The van der Waals surface area contributed by atoms with E-state index in [1.54, 1.807) is 6.07 Å². The summed E-state index contributed by atoms with van der Waals surface area (Å²) in [4.78, 5) is 0. The lowest BCUT2D eigenvalue weighted by molar-refractivity contribution is -0.275. The standard InChI is InChI=1S/C29H25F5O/c1-2-3-4-5-6-19-7-8-21-16-22(10-9-20(21)15-19)23-11-13-25(26(30)17-23)24-12-14-28(27(31)18-24)35-29(32,33)34/h7-18H,2-6H2,1H3. The molecule has 0 aliphatic carbocycles. The third-order valence-electron chi connectivity index (χ3n) is 5.99. The molecule has 0 aromatic heterocycles. The van der Waals surface area contributed by atoms with Crippen molar-refractivity contribution in [1.29, 1.82) is 0 Å². The van der Waals surface area contributed by atoms with Gasteiger partial charge in [-0.15, -0.1) is 13.2 Å². The monoisotopic (exact) mass is 484 g/mol. The molecule has 0 unspecified atom stereocenters. The van der Waals surface area contributed by atoms with Crippen LogP contribution in [0.25, 0.3) is 33.0 Å². The maximum Gasteiger partial charge on any atom is 0.573 e. The van der Waals surface area contributed by atoms with E-state index in [2.05, 4.69) is 29.9 Å². The number of hydrogen-bond donors (Lipinski definition) is 0. The first-order chi connectivity index (χ1) is 16.7. The molecule has 6 heteroatoms. The summed E-state index contributed by atoms with van der Waals surface area (Å²) in [5, 5.41) is 2.17. The molecule has 0 radical (unpaired) electrons. The Morgan fingerprint density at radius 1 is 0.657 bits per heavy atom. The number of alkyl halides is 3. The highest BCUT2D eigenvalue weighted by Crippen LogP contribution is 2.33. The van der Waals surface area contributed by atoms with Crippen molar-refractivity contribution in [2.45, 2.75) is 45.4 Å². The highest BCUT2D eigenvalue weighted by Gasteiger charge is 2.32. The van der Waals surface area contributed by atoms with E-state index in [0.29, 0.717) is 5.56 Å². The normalized spacial score (nSPS) is 11.7. The van der Waals surface area contributed by atoms with Crippen molar-refractivity contribution in [1.82, 2.24) is 0 Å². The summed E-state index contributed by atoms with van der Waals surface area (Å²) < 4.78 is 69.7. The first-order valence-corrected chi connectivity index (χ1v) is 11.6. The second-order valence-electron chi connectivity index (χ2n) is 8.59. The predicted octanol–water partition coefficient (Wildman–Crippen LogP) is 9.47. The number of hydrogen-bond acceptors (Lipinski definition) is 1. The van der Waals surface area contributed by atoms with Crippen molar-refractivity contribution < 1.29 is 26.7 Å². The maximum atomic E-state index is 14.9. The van der Waals surface area contributed by atoms with E-state index in [-0.39, 0.29) is 11.1 Å². The van der Waals surface area contributed by atoms with Crippen molar-refractivity contribution in [3.8, 4) is 28.0 Å². The minimum Gasteiger partial charge on any atom is -0.403 e. The van der Waals surface area contributed by atoms with Gasteiger partial charge in [-0.2, -0.15) is 0 Å². The highest BCUT2D eigenvalue weighted by molar-refractivity contribution is 5.88. The first-order valence-electron chi connectivity index (χ1n) is 11.6. The number of rotatable bonds is 8. The Balaban J connectivity index is 1.55. The summed E-state index contributed by atoms with van der Waals surface area (Å²) in [6.45, 7) is 2.20. The molecule has 35 heavy (non-hydrogen) atoms.